The first-order chi connectivity index (χ1) is 6.56. The Hall–Kier alpha value is -0.890. The zero-order chi connectivity index (χ0) is 10.9. The summed E-state index contributed by atoms with van der Waals surface area (Å²) in [5, 5.41) is 9.33. The zero-order valence-corrected chi connectivity index (χ0v) is 9.07. The fraction of sp³-hybridized carbons (Fsp3) is 0.583. The Kier molecular flexibility index (Phi) is 7.03. The van der Waals surface area contributed by atoms with Gasteiger partial charge in [0.25, 0.3) is 0 Å². The number of carbonyl (C=O) groups excluding carboxylic acids is 1. The van der Waals surface area contributed by atoms with Crippen molar-refractivity contribution in [1.29, 1.82) is 0 Å². The number of hydrogen-bond donors (Lipinski definition) is 1. The second kappa shape index (κ2) is 7.51. The number of carbonyl (C=O) groups is 1. The van der Waals surface area contributed by atoms with Crippen LogP contribution in [0.15, 0.2) is 24.3 Å². The van der Waals surface area contributed by atoms with E-state index in [0.29, 0.717) is 6.42 Å². The van der Waals surface area contributed by atoms with Gasteiger partial charge in [-0.3, -0.25) is 0 Å². The summed E-state index contributed by atoms with van der Waals surface area (Å²) in [6.45, 7) is 3.48. The minimum atomic E-state index is -0.734. The van der Waals surface area contributed by atoms with Crippen molar-refractivity contribution in [3.8, 4) is 0 Å². The lowest BCUT2D eigenvalue weighted by Crippen LogP contribution is -2.13. The molecular formula is C12H20O2. The summed E-state index contributed by atoms with van der Waals surface area (Å²) in [6.07, 6.45) is 12.2. The quantitative estimate of drug-likeness (QED) is 0.386. The molecular weight excluding hydrogens is 176 g/mol. The SMILES string of the molecule is CC(C)(O)/C=C/C=C/CCCCC=O. The molecule has 0 aromatic rings. The van der Waals surface area contributed by atoms with E-state index in [2.05, 4.69) is 0 Å². The van der Waals surface area contributed by atoms with Crippen LogP contribution in [0.4, 0.5) is 0 Å². The van der Waals surface area contributed by atoms with Crippen molar-refractivity contribution in [1.82, 2.24) is 0 Å². The number of hydrogen-bond acceptors (Lipinski definition) is 2. The van der Waals surface area contributed by atoms with Gasteiger partial charge in [-0.15, -0.1) is 0 Å². The summed E-state index contributed by atoms with van der Waals surface area (Å²) >= 11 is 0. The lowest BCUT2D eigenvalue weighted by molar-refractivity contribution is -0.107. The normalized spacial score (nSPS) is 12.8. The fourth-order valence-corrected chi connectivity index (χ4v) is 0.956. The Morgan fingerprint density at radius 1 is 1.14 bits per heavy atom. The molecule has 0 rings (SSSR count). The first-order valence-corrected chi connectivity index (χ1v) is 5.06. The number of allylic oxidation sites excluding steroid dienone is 3. The Bertz CT molecular complexity index is 197. The molecule has 0 unspecified atom stereocenters. The highest BCUT2D eigenvalue weighted by Crippen LogP contribution is 2.03. The van der Waals surface area contributed by atoms with Crippen molar-refractivity contribution in [3.63, 3.8) is 0 Å². The number of unbranched alkanes of at least 4 members (excludes halogenated alkanes) is 3. The molecule has 2 heteroatoms. The zero-order valence-electron chi connectivity index (χ0n) is 9.07. The van der Waals surface area contributed by atoms with Gasteiger partial charge >= 0.3 is 0 Å². The van der Waals surface area contributed by atoms with Gasteiger partial charge < -0.3 is 9.90 Å². The van der Waals surface area contributed by atoms with Crippen molar-refractivity contribution in [2.24, 2.45) is 0 Å². The van der Waals surface area contributed by atoms with E-state index in [-0.39, 0.29) is 0 Å². The van der Waals surface area contributed by atoms with Gasteiger partial charge in [0, 0.05) is 6.42 Å². The Morgan fingerprint density at radius 3 is 2.36 bits per heavy atom. The molecule has 0 atom stereocenters. The van der Waals surface area contributed by atoms with Gasteiger partial charge in [0.2, 0.25) is 0 Å². The topological polar surface area (TPSA) is 37.3 Å². The van der Waals surface area contributed by atoms with Crippen LogP contribution in [0, 0.1) is 0 Å². The van der Waals surface area contributed by atoms with Crippen LogP contribution in [-0.4, -0.2) is 17.0 Å². The number of aliphatic hydroxyl groups is 1. The molecule has 0 saturated carbocycles. The van der Waals surface area contributed by atoms with Gasteiger partial charge in [0.05, 0.1) is 5.60 Å². The highest BCUT2D eigenvalue weighted by Gasteiger charge is 2.03. The summed E-state index contributed by atoms with van der Waals surface area (Å²) in [6, 6.07) is 0. The molecule has 2 nitrogen and oxygen atoms in total. The van der Waals surface area contributed by atoms with Gasteiger partial charge in [0.1, 0.15) is 6.29 Å². The van der Waals surface area contributed by atoms with Crippen LogP contribution in [0.1, 0.15) is 39.5 Å². The third kappa shape index (κ3) is 11.1. The minimum absolute atomic E-state index is 0.660. The van der Waals surface area contributed by atoms with E-state index in [4.69, 9.17) is 0 Å². The van der Waals surface area contributed by atoms with E-state index >= 15 is 0 Å². The molecule has 0 bridgehead atoms. The molecule has 80 valence electrons. The minimum Gasteiger partial charge on any atom is -0.386 e. The van der Waals surface area contributed by atoms with Gasteiger partial charge in [-0.25, -0.2) is 0 Å². The van der Waals surface area contributed by atoms with Gasteiger partial charge in [-0.05, 0) is 33.1 Å². The number of aldehydes is 1. The highest BCUT2D eigenvalue weighted by atomic mass is 16.3. The van der Waals surface area contributed by atoms with Crippen LogP contribution in [-0.2, 0) is 4.79 Å². The van der Waals surface area contributed by atoms with E-state index in [1.807, 2.05) is 18.2 Å². The average molecular weight is 196 g/mol. The molecule has 0 aromatic carbocycles. The van der Waals surface area contributed by atoms with E-state index in [1.165, 1.54) is 0 Å². The molecule has 0 heterocycles. The van der Waals surface area contributed by atoms with Crippen molar-refractivity contribution in [2.75, 3.05) is 0 Å². The van der Waals surface area contributed by atoms with Crippen LogP contribution in [0.25, 0.3) is 0 Å². The van der Waals surface area contributed by atoms with Crippen molar-refractivity contribution in [3.05, 3.63) is 24.3 Å². The average Bonchev–Trinajstić information content (AvgIpc) is 2.08. The van der Waals surface area contributed by atoms with Crippen LogP contribution in [0.5, 0.6) is 0 Å². The largest absolute Gasteiger partial charge is 0.386 e. The molecule has 0 amide bonds. The predicted octanol–water partition coefficient (Wildman–Crippen LogP) is 2.63. The molecule has 0 aliphatic rings. The van der Waals surface area contributed by atoms with Crippen LogP contribution < -0.4 is 0 Å². The predicted molar refractivity (Wildman–Crippen MR) is 59.1 cm³/mol. The first-order valence-electron chi connectivity index (χ1n) is 5.06. The van der Waals surface area contributed by atoms with Crippen molar-refractivity contribution >= 4 is 6.29 Å². The van der Waals surface area contributed by atoms with Crippen LogP contribution >= 0.6 is 0 Å². The maximum Gasteiger partial charge on any atom is 0.119 e. The van der Waals surface area contributed by atoms with Crippen molar-refractivity contribution < 1.29 is 9.90 Å². The molecule has 14 heavy (non-hydrogen) atoms. The summed E-state index contributed by atoms with van der Waals surface area (Å²) in [4.78, 5) is 9.99. The smallest absolute Gasteiger partial charge is 0.119 e. The molecule has 0 fully saturated rings. The summed E-state index contributed by atoms with van der Waals surface area (Å²) in [5.41, 5.74) is -0.734. The van der Waals surface area contributed by atoms with E-state index in [0.717, 1.165) is 25.5 Å². The third-order valence-corrected chi connectivity index (χ3v) is 1.69. The van der Waals surface area contributed by atoms with Gasteiger partial charge in [0.15, 0.2) is 0 Å². The monoisotopic (exact) mass is 196 g/mol. The maximum absolute atomic E-state index is 9.99. The first kappa shape index (κ1) is 13.1. The fourth-order valence-electron chi connectivity index (χ4n) is 0.956. The molecule has 0 aromatic heterocycles. The van der Waals surface area contributed by atoms with Gasteiger partial charge in [-0.1, -0.05) is 24.3 Å². The Morgan fingerprint density at radius 2 is 1.79 bits per heavy atom. The molecule has 0 radical (unpaired) electrons. The second-order valence-corrected chi connectivity index (χ2v) is 3.89. The Balaban J connectivity index is 3.45. The van der Waals surface area contributed by atoms with E-state index in [9.17, 15) is 9.90 Å². The van der Waals surface area contributed by atoms with Crippen molar-refractivity contribution in [2.45, 2.75) is 45.1 Å². The summed E-state index contributed by atoms with van der Waals surface area (Å²) in [5.74, 6) is 0. The second-order valence-electron chi connectivity index (χ2n) is 3.89. The standard InChI is InChI=1S/C12H20O2/c1-12(2,14)10-8-6-4-3-5-7-9-11-13/h4,6,8,10-11,14H,3,5,7,9H2,1-2H3/b6-4+,10-8+. The molecule has 0 spiro atoms. The lowest BCUT2D eigenvalue weighted by Gasteiger charge is -2.08. The van der Waals surface area contributed by atoms with Crippen LogP contribution in [0.3, 0.4) is 0 Å². The van der Waals surface area contributed by atoms with Crippen LogP contribution in [0.2, 0.25) is 0 Å². The third-order valence-electron chi connectivity index (χ3n) is 1.69. The molecule has 0 aliphatic carbocycles. The lowest BCUT2D eigenvalue weighted by atomic mass is 10.1. The summed E-state index contributed by atoms with van der Waals surface area (Å²) < 4.78 is 0. The molecule has 0 saturated heterocycles. The molecule has 1 N–H and O–H groups in total. The molecule has 0 aliphatic heterocycles. The van der Waals surface area contributed by atoms with E-state index < -0.39 is 5.60 Å². The summed E-state index contributed by atoms with van der Waals surface area (Å²) in [7, 11) is 0. The Labute approximate surface area is 86.3 Å². The van der Waals surface area contributed by atoms with E-state index in [1.54, 1.807) is 19.9 Å². The van der Waals surface area contributed by atoms with Gasteiger partial charge in [-0.2, -0.15) is 0 Å². The highest BCUT2D eigenvalue weighted by molar-refractivity contribution is 5.48. The maximum atomic E-state index is 9.99. The number of rotatable bonds is 7.